The highest BCUT2D eigenvalue weighted by Gasteiger charge is 2.56. The van der Waals surface area contributed by atoms with E-state index in [-0.39, 0.29) is 6.04 Å². The van der Waals surface area contributed by atoms with E-state index in [1.54, 1.807) is 6.20 Å². The van der Waals surface area contributed by atoms with Gasteiger partial charge < -0.3 is 9.67 Å². The Balaban J connectivity index is 1.45. The van der Waals surface area contributed by atoms with Crippen LogP contribution in [0.15, 0.2) is 43.0 Å². The Kier molecular flexibility index (Phi) is 4.18. The fourth-order valence-corrected chi connectivity index (χ4v) is 7.64. The van der Waals surface area contributed by atoms with E-state index in [1.807, 2.05) is 35.3 Å². The third kappa shape index (κ3) is 3.23. The summed E-state index contributed by atoms with van der Waals surface area (Å²) in [4.78, 5) is 4.23. The Labute approximate surface area is 166 Å². The summed E-state index contributed by atoms with van der Waals surface area (Å²) in [5, 5.41) is 12.2. The lowest BCUT2D eigenvalue weighted by Crippen LogP contribution is -2.52. The summed E-state index contributed by atoms with van der Waals surface area (Å²) in [7, 11) is 0. The van der Waals surface area contributed by atoms with Gasteiger partial charge in [0.05, 0.1) is 18.5 Å². The van der Waals surface area contributed by atoms with E-state index in [2.05, 4.69) is 18.0 Å². The average Bonchev–Trinajstić information content (AvgIpc) is 3.06. The summed E-state index contributed by atoms with van der Waals surface area (Å²) in [6, 6.07) is 7.78. The number of aromatic nitrogens is 2. The van der Waals surface area contributed by atoms with Crippen molar-refractivity contribution in [2.24, 2.45) is 22.7 Å². The number of hydrogen-bond acceptors (Lipinski definition) is 2. The maximum Gasteiger partial charge on any atom is 0.0952 e. The molecule has 144 valence electrons. The van der Waals surface area contributed by atoms with E-state index >= 15 is 0 Å². The molecule has 0 aliphatic heterocycles. The van der Waals surface area contributed by atoms with Crippen molar-refractivity contribution in [3.63, 3.8) is 0 Å². The summed E-state index contributed by atoms with van der Waals surface area (Å²) < 4.78 is 2.04. The van der Waals surface area contributed by atoms with Gasteiger partial charge >= 0.3 is 0 Å². The molecule has 4 unspecified atom stereocenters. The van der Waals surface area contributed by atoms with Crippen molar-refractivity contribution >= 4 is 11.6 Å². The van der Waals surface area contributed by atoms with E-state index in [9.17, 15) is 5.11 Å². The zero-order chi connectivity index (χ0) is 18.6. The van der Waals surface area contributed by atoms with E-state index < -0.39 is 6.10 Å². The summed E-state index contributed by atoms with van der Waals surface area (Å²) in [6.07, 6.45) is 14.1. The van der Waals surface area contributed by atoms with Gasteiger partial charge in [0.15, 0.2) is 0 Å². The first-order valence-corrected chi connectivity index (χ1v) is 10.7. The van der Waals surface area contributed by atoms with Gasteiger partial charge in [0.1, 0.15) is 0 Å². The smallest absolute Gasteiger partial charge is 0.0952 e. The van der Waals surface area contributed by atoms with Gasteiger partial charge in [0.2, 0.25) is 0 Å². The molecule has 0 spiro atoms. The average molecular weight is 385 g/mol. The SMILES string of the molecule is CC12CC3CC(C1)CC(CC(O)C(c1cccc(Cl)c1)n1ccnc1)(C3)C2. The monoisotopic (exact) mass is 384 g/mol. The zero-order valence-electron chi connectivity index (χ0n) is 16.0. The maximum absolute atomic E-state index is 11.5. The first kappa shape index (κ1) is 17.8. The third-order valence-electron chi connectivity index (χ3n) is 7.52. The molecule has 1 aromatic heterocycles. The molecule has 4 aliphatic carbocycles. The third-order valence-corrected chi connectivity index (χ3v) is 7.75. The molecular formula is C23H29ClN2O. The Morgan fingerprint density at radius 2 is 2.04 bits per heavy atom. The maximum atomic E-state index is 11.5. The summed E-state index contributed by atoms with van der Waals surface area (Å²) in [5.41, 5.74) is 1.88. The van der Waals surface area contributed by atoms with Crippen LogP contribution < -0.4 is 0 Å². The molecule has 6 rings (SSSR count). The molecule has 4 atom stereocenters. The molecule has 1 N–H and O–H groups in total. The molecule has 4 bridgehead atoms. The minimum absolute atomic E-state index is 0.132. The predicted molar refractivity (Wildman–Crippen MR) is 108 cm³/mol. The Bertz CT molecular complexity index is 804. The van der Waals surface area contributed by atoms with Crippen LogP contribution in [0.3, 0.4) is 0 Å². The van der Waals surface area contributed by atoms with Crippen molar-refractivity contribution in [1.82, 2.24) is 9.55 Å². The molecule has 3 nitrogen and oxygen atoms in total. The summed E-state index contributed by atoms with van der Waals surface area (Å²) in [6.45, 7) is 2.50. The molecule has 0 radical (unpaired) electrons. The van der Waals surface area contributed by atoms with Crippen LogP contribution in [0.2, 0.25) is 5.02 Å². The van der Waals surface area contributed by atoms with Crippen molar-refractivity contribution in [2.75, 3.05) is 0 Å². The molecular weight excluding hydrogens is 356 g/mol. The molecule has 1 heterocycles. The lowest BCUT2D eigenvalue weighted by Gasteiger charge is -2.62. The Hall–Kier alpha value is -1.32. The van der Waals surface area contributed by atoms with Gasteiger partial charge in [-0.1, -0.05) is 30.7 Å². The van der Waals surface area contributed by atoms with E-state index in [0.29, 0.717) is 15.9 Å². The largest absolute Gasteiger partial charge is 0.391 e. The number of rotatable bonds is 5. The molecule has 0 saturated heterocycles. The van der Waals surface area contributed by atoms with Crippen molar-refractivity contribution in [2.45, 2.75) is 64.0 Å². The highest BCUT2D eigenvalue weighted by Crippen LogP contribution is 2.66. The van der Waals surface area contributed by atoms with Crippen LogP contribution in [0.4, 0.5) is 0 Å². The van der Waals surface area contributed by atoms with Crippen LogP contribution >= 0.6 is 11.6 Å². The fourth-order valence-electron chi connectivity index (χ4n) is 7.44. The molecule has 2 aromatic rings. The van der Waals surface area contributed by atoms with Gasteiger partial charge in [-0.2, -0.15) is 0 Å². The Morgan fingerprint density at radius 3 is 2.67 bits per heavy atom. The van der Waals surface area contributed by atoms with Gasteiger partial charge in [-0.05, 0) is 85.3 Å². The normalized spacial score (nSPS) is 36.7. The van der Waals surface area contributed by atoms with Crippen LogP contribution in [-0.2, 0) is 0 Å². The van der Waals surface area contributed by atoms with Gasteiger partial charge in [-0.15, -0.1) is 0 Å². The van der Waals surface area contributed by atoms with Gasteiger partial charge in [0, 0.05) is 17.4 Å². The molecule has 4 aliphatic rings. The van der Waals surface area contributed by atoms with Crippen LogP contribution in [0.5, 0.6) is 0 Å². The second-order valence-electron chi connectivity index (χ2n) is 10.1. The quantitative estimate of drug-likeness (QED) is 0.740. The zero-order valence-corrected chi connectivity index (χ0v) is 16.8. The molecule has 27 heavy (non-hydrogen) atoms. The second-order valence-corrected chi connectivity index (χ2v) is 10.5. The summed E-state index contributed by atoms with van der Waals surface area (Å²) >= 11 is 6.27. The second kappa shape index (κ2) is 6.35. The van der Waals surface area contributed by atoms with E-state index in [1.165, 1.54) is 38.5 Å². The molecule has 0 amide bonds. The number of hydrogen-bond donors (Lipinski definition) is 1. The topological polar surface area (TPSA) is 38.0 Å². The predicted octanol–water partition coefficient (Wildman–Crippen LogP) is 5.48. The van der Waals surface area contributed by atoms with Gasteiger partial charge in [-0.25, -0.2) is 4.98 Å². The number of imidazole rings is 1. The van der Waals surface area contributed by atoms with E-state index in [4.69, 9.17) is 11.6 Å². The summed E-state index contributed by atoms with van der Waals surface area (Å²) in [5.74, 6) is 1.75. The van der Waals surface area contributed by atoms with Crippen molar-refractivity contribution in [3.8, 4) is 0 Å². The molecule has 1 aromatic carbocycles. The number of benzene rings is 1. The molecule has 4 fully saturated rings. The Morgan fingerprint density at radius 1 is 1.26 bits per heavy atom. The molecule has 4 heteroatoms. The van der Waals surface area contributed by atoms with Crippen LogP contribution in [0.1, 0.15) is 63.5 Å². The first-order chi connectivity index (χ1) is 12.9. The van der Waals surface area contributed by atoms with Gasteiger partial charge in [-0.3, -0.25) is 0 Å². The van der Waals surface area contributed by atoms with Crippen LogP contribution in [-0.4, -0.2) is 20.8 Å². The number of aliphatic hydroxyl groups excluding tert-OH is 1. The van der Waals surface area contributed by atoms with Crippen molar-refractivity contribution in [1.29, 1.82) is 0 Å². The minimum Gasteiger partial charge on any atom is -0.391 e. The highest BCUT2D eigenvalue weighted by atomic mass is 35.5. The number of nitrogens with zero attached hydrogens (tertiary/aromatic N) is 2. The standard InChI is InChI=1S/C23H29ClN2O/c1-22-9-16-7-17(10-22)12-23(11-16,14-22)13-20(27)21(26-6-5-25-15-26)18-3-2-4-19(24)8-18/h2-6,8,15-17,20-21,27H,7,9-14H2,1H3. The lowest BCUT2D eigenvalue weighted by molar-refractivity contribution is -0.120. The van der Waals surface area contributed by atoms with Crippen LogP contribution in [0.25, 0.3) is 0 Å². The number of halogens is 1. The van der Waals surface area contributed by atoms with Crippen molar-refractivity contribution < 1.29 is 5.11 Å². The lowest BCUT2D eigenvalue weighted by atomic mass is 9.43. The fraction of sp³-hybridized carbons (Fsp3) is 0.609. The first-order valence-electron chi connectivity index (χ1n) is 10.3. The van der Waals surface area contributed by atoms with Crippen LogP contribution in [0, 0.1) is 22.7 Å². The molecule has 4 saturated carbocycles. The number of aliphatic hydroxyl groups is 1. The van der Waals surface area contributed by atoms with Crippen molar-refractivity contribution in [3.05, 3.63) is 53.6 Å². The minimum atomic E-state index is -0.433. The van der Waals surface area contributed by atoms with E-state index in [0.717, 1.165) is 23.8 Å². The van der Waals surface area contributed by atoms with Gasteiger partial charge in [0.25, 0.3) is 0 Å². The highest BCUT2D eigenvalue weighted by molar-refractivity contribution is 6.30.